The molecule has 0 fully saturated rings. The van der Waals surface area contributed by atoms with Crippen molar-refractivity contribution in [1.82, 2.24) is 20.2 Å². The summed E-state index contributed by atoms with van der Waals surface area (Å²) in [5.74, 6) is -1.21. The lowest BCUT2D eigenvalue weighted by Crippen LogP contribution is -2.33. The van der Waals surface area contributed by atoms with E-state index in [1.165, 1.54) is 56.3 Å². The molecule has 164 valence electrons. The maximum absolute atomic E-state index is 14.9. The zero-order valence-electron chi connectivity index (χ0n) is 17.3. The number of halogens is 1. The molecule has 1 atom stereocenters. The molecular weight excluding hydrogens is 421 g/mol. The van der Waals surface area contributed by atoms with Crippen LogP contribution in [-0.2, 0) is 9.53 Å². The van der Waals surface area contributed by atoms with Crippen LogP contribution in [0.15, 0.2) is 53.7 Å². The smallest absolute Gasteiger partial charge is 0.355 e. The molecule has 32 heavy (non-hydrogen) atoms. The summed E-state index contributed by atoms with van der Waals surface area (Å²) in [6, 6.07) is 9.28. The standard InChI is InChI=1S/C21H18FN5O5/c1-30-14-9-8-11(10-15(14)31-2)19(28)16-17(20(29)32-3)23-21-24-25-26-27(21)18(16)12-6-4-5-7-13(12)22/h4-10,18H,1-3H3,(H,23,24,26). The first-order valence-electron chi connectivity index (χ1n) is 9.38. The van der Waals surface area contributed by atoms with Crippen molar-refractivity contribution in [3.05, 3.63) is 70.7 Å². The minimum absolute atomic E-state index is 0.0579. The number of nitrogens with one attached hydrogen (secondary N) is 1. The van der Waals surface area contributed by atoms with Crippen LogP contribution < -0.4 is 14.8 Å². The Balaban J connectivity index is 1.95. The van der Waals surface area contributed by atoms with Crippen LogP contribution in [0.5, 0.6) is 11.5 Å². The number of carbonyl (C=O) groups is 2. The largest absolute Gasteiger partial charge is 0.493 e. The number of rotatable bonds is 6. The normalized spacial score (nSPS) is 14.9. The molecule has 10 nitrogen and oxygen atoms in total. The van der Waals surface area contributed by atoms with Crippen molar-refractivity contribution in [3.8, 4) is 11.5 Å². The topological polar surface area (TPSA) is 117 Å². The summed E-state index contributed by atoms with van der Waals surface area (Å²) in [5, 5.41) is 14.1. The molecule has 2 heterocycles. The molecule has 4 rings (SSSR count). The Morgan fingerprint density at radius 2 is 1.81 bits per heavy atom. The van der Waals surface area contributed by atoms with Gasteiger partial charge in [-0.3, -0.25) is 4.79 Å². The Labute approximate surface area is 181 Å². The second-order valence-corrected chi connectivity index (χ2v) is 6.68. The second-order valence-electron chi connectivity index (χ2n) is 6.68. The number of benzene rings is 2. The molecule has 0 aliphatic carbocycles. The zero-order valence-corrected chi connectivity index (χ0v) is 17.3. The molecule has 2 aromatic carbocycles. The summed E-state index contributed by atoms with van der Waals surface area (Å²) >= 11 is 0. The van der Waals surface area contributed by atoms with E-state index < -0.39 is 23.6 Å². The highest BCUT2D eigenvalue weighted by atomic mass is 19.1. The molecule has 0 spiro atoms. The van der Waals surface area contributed by atoms with E-state index in [1.54, 1.807) is 12.1 Å². The maximum Gasteiger partial charge on any atom is 0.355 e. The van der Waals surface area contributed by atoms with Crippen LogP contribution in [0, 0.1) is 5.82 Å². The number of tetrazole rings is 1. The molecule has 0 amide bonds. The van der Waals surface area contributed by atoms with Crippen LogP contribution in [0.4, 0.5) is 10.3 Å². The first kappa shape index (κ1) is 21.0. The second kappa shape index (κ2) is 8.46. The van der Waals surface area contributed by atoms with Gasteiger partial charge in [0.25, 0.3) is 0 Å². The van der Waals surface area contributed by atoms with Gasteiger partial charge in [0.15, 0.2) is 17.3 Å². The average molecular weight is 439 g/mol. The lowest BCUT2D eigenvalue weighted by molar-refractivity contribution is -0.136. The van der Waals surface area contributed by atoms with Crippen LogP contribution in [0.25, 0.3) is 0 Å². The van der Waals surface area contributed by atoms with Crippen LogP contribution in [0.3, 0.4) is 0 Å². The van der Waals surface area contributed by atoms with Crippen molar-refractivity contribution in [3.63, 3.8) is 0 Å². The van der Waals surface area contributed by atoms with E-state index in [0.717, 1.165) is 0 Å². The quantitative estimate of drug-likeness (QED) is 0.455. The number of allylic oxidation sites excluding steroid dienone is 1. The Hall–Kier alpha value is -4.28. The van der Waals surface area contributed by atoms with E-state index in [0.29, 0.717) is 11.5 Å². The van der Waals surface area contributed by atoms with Gasteiger partial charge in [-0.05, 0) is 34.7 Å². The summed E-state index contributed by atoms with van der Waals surface area (Å²) in [7, 11) is 4.07. The fourth-order valence-corrected chi connectivity index (χ4v) is 3.51. The Kier molecular flexibility index (Phi) is 5.54. The molecule has 0 radical (unpaired) electrons. The predicted molar refractivity (Wildman–Crippen MR) is 109 cm³/mol. The number of hydrogen-bond donors (Lipinski definition) is 1. The molecule has 1 unspecified atom stereocenters. The number of esters is 1. The van der Waals surface area contributed by atoms with Gasteiger partial charge in [0.1, 0.15) is 17.6 Å². The van der Waals surface area contributed by atoms with Gasteiger partial charge in [-0.25, -0.2) is 9.18 Å². The van der Waals surface area contributed by atoms with E-state index in [4.69, 9.17) is 14.2 Å². The highest BCUT2D eigenvalue weighted by Crippen LogP contribution is 2.38. The minimum atomic E-state index is -1.13. The number of ketones is 1. The molecular formula is C21H18FN5O5. The van der Waals surface area contributed by atoms with Crippen molar-refractivity contribution in [2.45, 2.75) is 6.04 Å². The number of fused-ring (bicyclic) bond motifs is 1. The highest BCUT2D eigenvalue weighted by molar-refractivity contribution is 6.15. The Morgan fingerprint density at radius 3 is 2.50 bits per heavy atom. The number of hydrogen-bond acceptors (Lipinski definition) is 9. The zero-order chi connectivity index (χ0) is 22.8. The summed E-state index contributed by atoms with van der Waals surface area (Å²) in [6.45, 7) is 0. The summed E-state index contributed by atoms with van der Waals surface area (Å²) in [5.41, 5.74) is 0.00306. The fraction of sp³-hybridized carbons (Fsp3) is 0.190. The molecule has 1 aliphatic rings. The van der Waals surface area contributed by atoms with Crippen LogP contribution in [0.1, 0.15) is 22.0 Å². The van der Waals surface area contributed by atoms with Gasteiger partial charge in [0.2, 0.25) is 5.95 Å². The van der Waals surface area contributed by atoms with Gasteiger partial charge < -0.3 is 19.5 Å². The minimum Gasteiger partial charge on any atom is -0.493 e. The molecule has 1 N–H and O–H groups in total. The number of aromatic nitrogens is 4. The Morgan fingerprint density at radius 1 is 1.06 bits per heavy atom. The van der Waals surface area contributed by atoms with Crippen molar-refractivity contribution >= 4 is 17.7 Å². The van der Waals surface area contributed by atoms with Crippen LogP contribution in [0.2, 0.25) is 0 Å². The van der Waals surface area contributed by atoms with Gasteiger partial charge in [0.05, 0.1) is 26.9 Å². The lowest BCUT2D eigenvalue weighted by atomic mass is 9.89. The number of carbonyl (C=O) groups excluding carboxylic acids is 2. The number of ether oxygens (including phenoxy) is 3. The van der Waals surface area contributed by atoms with Crippen molar-refractivity contribution < 1.29 is 28.2 Å². The predicted octanol–water partition coefficient (Wildman–Crippen LogP) is 2.15. The molecule has 11 heteroatoms. The molecule has 1 aromatic heterocycles. The number of Topliss-reactive ketones (excluding diaryl/α,β-unsaturated/α-hetero) is 1. The van der Waals surface area contributed by atoms with Gasteiger partial charge in [0, 0.05) is 11.1 Å². The van der Waals surface area contributed by atoms with Crippen LogP contribution in [-0.4, -0.2) is 53.3 Å². The van der Waals surface area contributed by atoms with E-state index >= 15 is 0 Å². The van der Waals surface area contributed by atoms with E-state index in [1.807, 2.05) is 0 Å². The third kappa shape index (κ3) is 3.43. The molecule has 0 bridgehead atoms. The Bertz CT molecular complexity index is 1240. The first-order chi connectivity index (χ1) is 15.5. The SMILES string of the molecule is COC(=O)C1=C(C(=O)c2ccc(OC)c(OC)c2)C(c2ccccc2F)n2nnnc2N1. The molecule has 1 aliphatic heterocycles. The lowest BCUT2D eigenvalue weighted by Gasteiger charge is -2.28. The molecule has 0 saturated carbocycles. The fourth-order valence-electron chi connectivity index (χ4n) is 3.51. The van der Waals surface area contributed by atoms with Crippen molar-refractivity contribution in [2.24, 2.45) is 0 Å². The molecule has 0 saturated heterocycles. The third-order valence-electron chi connectivity index (χ3n) is 5.00. The van der Waals surface area contributed by atoms with Crippen molar-refractivity contribution in [1.29, 1.82) is 0 Å². The number of anilines is 1. The van der Waals surface area contributed by atoms with Gasteiger partial charge in [-0.15, -0.1) is 0 Å². The average Bonchev–Trinajstić information content (AvgIpc) is 3.30. The van der Waals surface area contributed by atoms with E-state index in [-0.39, 0.29) is 28.3 Å². The summed E-state index contributed by atoms with van der Waals surface area (Å²) < 4.78 is 31.5. The maximum atomic E-state index is 14.9. The summed E-state index contributed by atoms with van der Waals surface area (Å²) in [4.78, 5) is 26.3. The third-order valence-corrected chi connectivity index (χ3v) is 5.00. The van der Waals surface area contributed by atoms with E-state index in [9.17, 15) is 14.0 Å². The van der Waals surface area contributed by atoms with Gasteiger partial charge in [-0.1, -0.05) is 23.3 Å². The number of nitrogens with zero attached hydrogens (tertiary/aromatic N) is 4. The highest BCUT2D eigenvalue weighted by Gasteiger charge is 2.39. The van der Waals surface area contributed by atoms with E-state index in [2.05, 4.69) is 20.8 Å². The monoisotopic (exact) mass is 439 g/mol. The van der Waals surface area contributed by atoms with Crippen LogP contribution >= 0.6 is 0 Å². The van der Waals surface area contributed by atoms with Crippen molar-refractivity contribution in [2.75, 3.05) is 26.6 Å². The first-order valence-corrected chi connectivity index (χ1v) is 9.38. The summed E-state index contributed by atoms with van der Waals surface area (Å²) in [6.07, 6.45) is 0. The van der Waals surface area contributed by atoms with Gasteiger partial charge in [-0.2, -0.15) is 4.68 Å². The molecule has 3 aromatic rings. The number of methoxy groups -OCH3 is 3. The van der Waals surface area contributed by atoms with Gasteiger partial charge >= 0.3 is 5.97 Å².